The average Bonchev–Trinajstić information content (AvgIpc) is 3.82. The minimum Gasteiger partial charge on any atom is -0.619 e. The number of hydrogen-bond acceptors (Lipinski definition) is 8. The summed E-state index contributed by atoms with van der Waals surface area (Å²) in [6, 6.07) is 15.3. The Hall–Kier alpha value is -4.48. The number of hydrogen-bond donors (Lipinski definition) is 3. The van der Waals surface area contributed by atoms with Crippen molar-refractivity contribution in [3.63, 3.8) is 0 Å². The molecule has 0 aliphatic heterocycles. The summed E-state index contributed by atoms with van der Waals surface area (Å²) in [5.74, 6) is -1.09. The number of nitrogens with one attached hydrogen (secondary N) is 1. The Kier molecular flexibility index (Phi) is 9.99. The van der Waals surface area contributed by atoms with Gasteiger partial charge in [0.05, 0.1) is 12.3 Å². The maximum atomic E-state index is 13.5. The Morgan fingerprint density at radius 1 is 1.02 bits per heavy atom. The van der Waals surface area contributed by atoms with E-state index in [1.807, 2.05) is 0 Å². The average molecular weight is 661 g/mol. The number of rotatable bonds is 13. The van der Waals surface area contributed by atoms with Gasteiger partial charge in [-0.25, -0.2) is 4.79 Å². The van der Waals surface area contributed by atoms with Crippen LogP contribution < -0.4 is 19.5 Å². The monoisotopic (exact) mass is 660 g/mol. The van der Waals surface area contributed by atoms with Crippen LogP contribution in [-0.4, -0.2) is 29.4 Å². The first-order valence-electron chi connectivity index (χ1n) is 13.9. The number of esters is 1. The molecular formula is C32H28Cl2F2N2O7. The van der Waals surface area contributed by atoms with Crippen molar-refractivity contribution in [3.05, 3.63) is 111 Å². The minimum atomic E-state index is -3.09. The van der Waals surface area contributed by atoms with Crippen molar-refractivity contribution in [3.8, 4) is 23.0 Å². The normalized spacial score (nSPS) is 13.4. The highest BCUT2D eigenvalue weighted by molar-refractivity contribution is 6.35. The molecule has 1 aliphatic rings. The number of aromatic nitrogens is 1. The fourth-order valence-corrected chi connectivity index (χ4v) is 5.17. The van der Waals surface area contributed by atoms with Crippen LogP contribution >= 0.6 is 23.2 Å². The van der Waals surface area contributed by atoms with E-state index in [-0.39, 0.29) is 51.6 Å². The van der Waals surface area contributed by atoms with E-state index in [1.54, 1.807) is 30.3 Å². The molecule has 1 aromatic heterocycles. The standard InChI is InChI=1S/C32H28Cl2F2N2O7/c33-23-15-38(42)16-24(34)22(23)13-28(19-10-11-27(45-32(35)36)29(12-19)43-17-18-8-9-18)44-31(41)21-5-3-4-20(30(21)40)14-37-25-6-1-2-7-26(25)39/h1-7,10-12,15-16,18,28,32,37,39-40H,8-9,13-14,17H2. The number of ether oxygens (including phenoxy) is 3. The fraction of sp³-hybridized carbons (Fsp3) is 0.250. The van der Waals surface area contributed by atoms with E-state index in [0.717, 1.165) is 25.2 Å². The van der Waals surface area contributed by atoms with Crippen LogP contribution in [0.2, 0.25) is 10.0 Å². The number of nitrogens with zero attached hydrogens (tertiary/aromatic N) is 1. The zero-order valence-electron chi connectivity index (χ0n) is 23.6. The lowest BCUT2D eigenvalue weighted by Gasteiger charge is -2.22. The lowest BCUT2D eigenvalue weighted by molar-refractivity contribution is -0.605. The Morgan fingerprint density at radius 2 is 1.76 bits per heavy atom. The summed E-state index contributed by atoms with van der Waals surface area (Å²) >= 11 is 12.7. The van der Waals surface area contributed by atoms with Crippen LogP contribution in [0.15, 0.2) is 73.1 Å². The summed E-state index contributed by atoms with van der Waals surface area (Å²) in [4.78, 5) is 13.5. The molecule has 0 radical (unpaired) electrons. The van der Waals surface area contributed by atoms with Crippen LogP contribution in [0.1, 0.15) is 46.0 Å². The molecule has 0 amide bonds. The second-order valence-electron chi connectivity index (χ2n) is 10.4. The van der Waals surface area contributed by atoms with Gasteiger partial charge in [0.2, 0.25) is 0 Å². The summed E-state index contributed by atoms with van der Waals surface area (Å²) in [6.07, 6.45) is 2.87. The van der Waals surface area contributed by atoms with Crippen LogP contribution in [0.4, 0.5) is 14.5 Å². The minimum absolute atomic E-state index is 0.0153. The van der Waals surface area contributed by atoms with E-state index in [9.17, 15) is 29.0 Å². The lowest BCUT2D eigenvalue weighted by atomic mass is 10.0. The van der Waals surface area contributed by atoms with Gasteiger partial charge in [-0.3, -0.25) is 0 Å². The third kappa shape index (κ3) is 8.17. The third-order valence-electron chi connectivity index (χ3n) is 7.14. The number of alkyl halides is 2. The molecule has 236 valence electrons. The number of benzene rings is 3. The molecule has 0 bridgehead atoms. The Balaban J connectivity index is 1.45. The molecular weight excluding hydrogens is 633 g/mol. The number of carbonyl (C=O) groups excluding carboxylic acids is 1. The lowest BCUT2D eigenvalue weighted by Crippen LogP contribution is -2.25. The predicted molar refractivity (Wildman–Crippen MR) is 162 cm³/mol. The highest BCUT2D eigenvalue weighted by Crippen LogP contribution is 2.38. The summed E-state index contributed by atoms with van der Waals surface area (Å²) in [7, 11) is 0. The second-order valence-corrected chi connectivity index (χ2v) is 11.2. The highest BCUT2D eigenvalue weighted by atomic mass is 35.5. The van der Waals surface area contributed by atoms with Crippen molar-refractivity contribution in [2.24, 2.45) is 5.92 Å². The first-order valence-corrected chi connectivity index (χ1v) is 14.7. The van der Waals surface area contributed by atoms with Gasteiger partial charge in [-0.1, -0.05) is 53.5 Å². The van der Waals surface area contributed by atoms with E-state index >= 15 is 0 Å². The number of halogens is 4. The molecule has 0 spiro atoms. The topological polar surface area (TPSA) is 124 Å². The van der Waals surface area contributed by atoms with Crippen molar-refractivity contribution in [1.82, 2.24) is 0 Å². The van der Waals surface area contributed by atoms with E-state index in [2.05, 4.69) is 10.1 Å². The Labute approximate surface area is 267 Å². The molecule has 1 heterocycles. The molecule has 1 fully saturated rings. The molecule has 5 rings (SSSR count). The zero-order chi connectivity index (χ0) is 32.1. The largest absolute Gasteiger partial charge is 0.619 e. The fourth-order valence-electron chi connectivity index (χ4n) is 4.57. The van der Waals surface area contributed by atoms with E-state index in [1.165, 1.54) is 30.3 Å². The molecule has 1 atom stereocenters. The first-order chi connectivity index (χ1) is 21.6. The van der Waals surface area contributed by atoms with E-state index in [0.29, 0.717) is 39.6 Å². The molecule has 9 nitrogen and oxygen atoms in total. The van der Waals surface area contributed by atoms with Crippen molar-refractivity contribution >= 4 is 34.9 Å². The van der Waals surface area contributed by atoms with Gasteiger partial charge in [0.1, 0.15) is 33.2 Å². The maximum absolute atomic E-state index is 13.5. The van der Waals surface area contributed by atoms with Crippen LogP contribution in [0.25, 0.3) is 0 Å². The van der Waals surface area contributed by atoms with Crippen LogP contribution in [-0.2, 0) is 17.7 Å². The smallest absolute Gasteiger partial charge is 0.387 e. The molecule has 3 aromatic carbocycles. The Morgan fingerprint density at radius 3 is 2.44 bits per heavy atom. The number of carbonyl (C=O) groups is 1. The van der Waals surface area contributed by atoms with Gasteiger partial charge in [-0.05, 0) is 54.7 Å². The van der Waals surface area contributed by atoms with Gasteiger partial charge in [0.25, 0.3) is 0 Å². The van der Waals surface area contributed by atoms with Crippen molar-refractivity contribution in [2.75, 3.05) is 11.9 Å². The van der Waals surface area contributed by atoms with Crippen molar-refractivity contribution in [1.29, 1.82) is 0 Å². The molecule has 13 heteroatoms. The molecule has 1 saturated carbocycles. The predicted octanol–water partition coefficient (Wildman–Crippen LogP) is 7.18. The van der Waals surface area contributed by atoms with Crippen LogP contribution in [0.5, 0.6) is 23.0 Å². The quantitative estimate of drug-likeness (QED) is 0.0596. The molecule has 4 aromatic rings. The summed E-state index contributed by atoms with van der Waals surface area (Å²) in [5.41, 5.74) is 1.25. The SMILES string of the molecule is O=C(OC(Cc1c(Cl)c[n+]([O-])cc1Cl)c1ccc(OC(F)F)c(OCC2CC2)c1)c1cccc(CNc2ccccc2O)c1O. The van der Waals surface area contributed by atoms with Gasteiger partial charge in [-0.2, -0.15) is 13.5 Å². The number of pyridine rings is 1. The number of phenols is 2. The summed E-state index contributed by atoms with van der Waals surface area (Å²) in [6.45, 7) is -2.72. The molecule has 1 unspecified atom stereocenters. The maximum Gasteiger partial charge on any atom is 0.387 e. The van der Waals surface area contributed by atoms with E-state index in [4.69, 9.17) is 32.7 Å². The zero-order valence-corrected chi connectivity index (χ0v) is 25.1. The van der Waals surface area contributed by atoms with Gasteiger partial charge < -0.3 is 34.9 Å². The van der Waals surface area contributed by atoms with Gasteiger partial charge in [0, 0.05) is 24.1 Å². The van der Waals surface area contributed by atoms with Crippen LogP contribution in [0.3, 0.4) is 0 Å². The Bertz CT molecular complexity index is 1660. The second kappa shape index (κ2) is 14.1. The molecule has 45 heavy (non-hydrogen) atoms. The van der Waals surface area contributed by atoms with Gasteiger partial charge >= 0.3 is 12.6 Å². The first kappa shape index (κ1) is 31.9. The number of phenolic OH excluding ortho intramolecular Hbond substituents is 2. The number of aromatic hydroxyl groups is 2. The molecule has 3 N–H and O–H groups in total. The summed E-state index contributed by atoms with van der Waals surface area (Å²) < 4.78 is 43.0. The number of para-hydroxylation sites is 3. The van der Waals surface area contributed by atoms with Crippen LogP contribution in [0, 0.1) is 11.1 Å². The van der Waals surface area contributed by atoms with Crippen molar-refractivity contribution in [2.45, 2.75) is 38.5 Å². The third-order valence-corrected chi connectivity index (χ3v) is 7.79. The molecule has 1 aliphatic carbocycles. The summed E-state index contributed by atoms with van der Waals surface area (Å²) in [5, 5.41) is 35.9. The van der Waals surface area contributed by atoms with E-state index < -0.39 is 18.7 Å². The number of anilines is 1. The van der Waals surface area contributed by atoms with Crippen molar-refractivity contribution < 1.29 is 42.7 Å². The molecule has 0 saturated heterocycles. The highest BCUT2D eigenvalue weighted by Gasteiger charge is 2.27. The van der Waals surface area contributed by atoms with Gasteiger partial charge in [0.15, 0.2) is 23.9 Å². The van der Waals surface area contributed by atoms with Gasteiger partial charge in [-0.15, -0.1) is 0 Å².